The van der Waals surface area contributed by atoms with Crippen molar-refractivity contribution in [3.8, 4) is 16.3 Å². The number of carbonyl (C=O) groups is 1. The second-order valence-electron chi connectivity index (χ2n) is 7.93. The summed E-state index contributed by atoms with van der Waals surface area (Å²) in [5.74, 6) is -1.43. The average molecular weight is 510 g/mol. The molecule has 35 heavy (non-hydrogen) atoms. The lowest BCUT2D eigenvalue weighted by Crippen LogP contribution is -2.36. The van der Waals surface area contributed by atoms with Crippen molar-refractivity contribution in [2.24, 2.45) is 0 Å². The topological polar surface area (TPSA) is 63.7 Å². The van der Waals surface area contributed by atoms with Gasteiger partial charge in [0.1, 0.15) is 21.5 Å². The van der Waals surface area contributed by atoms with Gasteiger partial charge in [-0.3, -0.25) is 4.79 Å². The number of aromatic nitrogens is 1. The van der Waals surface area contributed by atoms with Crippen molar-refractivity contribution in [2.75, 3.05) is 38.3 Å². The van der Waals surface area contributed by atoms with Crippen molar-refractivity contribution in [2.45, 2.75) is 19.1 Å². The summed E-state index contributed by atoms with van der Waals surface area (Å²) < 4.78 is 65.6. The monoisotopic (exact) mass is 509 g/mol. The van der Waals surface area contributed by atoms with E-state index in [1.807, 2.05) is 18.2 Å². The zero-order chi connectivity index (χ0) is 25.2. The molecule has 0 aliphatic carbocycles. The molecule has 0 bridgehead atoms. The van der Waals surface area contributed by atoms with Crippen LogP contribution in [0.25, 0.3) is 10.6 Å². The number of morpholine rings is 1. The van der Waals surface area contributed by atoms with Crippen LogP contribution < -0.4 is 15.0 Å². The summed E-state index contributed by atoms with van der Waals surface area (Å²) in [5, 5.41) is 2.48. The third-order valence-electron chi connectivity index (χ3n) is 5.59. The van der Waals surface area contributed by atoms with Gasteiger partial charge in [-0.25, -0.2) is 9.37 Å². The molecular weight excluding hydrogens is 486 g/mol. The van der Waals surface area contributed by atoms with Gasteiger partial charge in [-0.15, -0.1) is 11.3 Å². The molecule has 2 heterocycles. The molecule has 1 N–H and O–H groups in total. The normalized spacial score (nSPS) is 15.1. The lowest BCUT2D eigenvalue weighted by Gasteiger charge is -2.29. The number of alkyl halides is 3. The van der Waals surface area contributed by atoms with Crippen LogP contribution in [0, 0.1) is 5.82 Å². The molecular formula is C24H23F4N3O3S. The SMILES string of the molecule is COc1ccc(F)cc1-c1nc(C(F)(F)F)c(C(=O)N[C@@H](C)c2cccc(N3CCOCC3)c2)s1. The Labute approximate surface area is 203 Å². The number of nitrogens with one attached hydrogen (secondary N) is 1. The molecule has 0 radical (unpaired) electrons. The molecule has 1 aromatic heterocycles. The minimum absolute atomic E-state index is 0.0355. The van der Waals surface area contributed by atoms with Gasteiger partial charge < -0.3 is 19.7 Å². The summed E-state index contributed by atoms with van der Waals surface area (Å²) in [4.78, 5) is 18.2. The second-order valence-corrected chi connectivity index (χ2v) is 8.93. The van der Waals surface area contributed by atoms with Crippen LogP contribution in [0.3, 0.4) is 0 Å². The highest BCUT2D eigenvalue weighted by Gasteiger charge is 2.40. The summed E-state index contributed by atoms with van der Waals surface area (Å²) in [6, 6.07) is 10.4. The quantitative estimate of drug-likeness (QED) is 0.457. The molecule has 0 unspecified atom stereocenters. The van der Waals surface area contributed by atoms with Crippen LogP contribution in [-0.4, -0.2) is 44.3 Å². The van der Waals surface area contributed by atoms with Crippen molar-refractivity contribution in [3.05, 3.63) is 64.4 Å². The standard InChI is InChI=1S/C24H23F4N3O3S/c1-14(15-4-3-5-17(12-15)31-8-10-34-11-9-31)29-22(32)20-21(24(26,27)28)30-23(35-20)18-13-16(25)6-7-19(18)33-2/h3-7,12-14H,8-11H2,1-2H3,(H,29,32)/t14-/m0/s1. The molecule has 1 atom stereocenters. The number of nitrogens with zero attached hydrogens (tertiary/aromatic N) is 2. The van der Waals surface area contributed by atoms with Gasteiger partial charge in [0.05, 0.1) is 31.9 Å². The maximum atomic E-state index is 13.8. The van der Waals surface area contributed by atoms with Crippen LogP contribution in [0.15, 0.2) is 42.5 Å². The molecule has 1 amide bonds. The van der Waals surface area contributed by atoms with Gasteiger partial charge in [-0.1, -0.05) is 12.1 Å². The van der Waals surface area contributed by atoms with E-state index in [2.05, 4.69) is 15.2 Å². The molecule has 1 aliphatic heterocycles. The number of hydrogen-bond donors (Lipinski definition) is 1. The van der Waals surface area contributed by atoms with Crippen molar-refractivity contribution >= 4 is 22.9 Å². The Morgan fingerprint density at radius 2 is 1.94 bits per heavy atom. The summed E-state index contributed by atoms with van der Waals surface area (Å²) in [5.41, 5.74) is 0.400. The molecule has 1 fully saturated rings. The highest BCUT2D eigenvalue weighted by Crippen LogP contribution is 2.40. The highest BCUT2D eigenvalue weighted by molar-refractivity contribution is 7.17. The van der Waals surface area contributed by atoms with Gasteiger partial charge in [0.2, 0.25) is 0 Å². The molecule has 0 saturated carbocycles. The molecule has 1 saturated heterocycles. The summed E-state index contributed by atoms with van der Waals surface area (Å²) >= 11 is 0.537. The number of methoxy groups -OCH3 is 1. The Balaban J connectivity index is 1.61. The van der Waals surface area contributed by atoms with Crippen molar-refractivity contribution in [1.29, 1.82) is 0 Å². The first-order chi connectivity index (χ1) is 16.7. The van der Waals surface area contributed by atoms with Gasteiger partial charge in [0.25, 0.3) is 5.91 Å². The number of hydrogen-bond acceptors (Lipinski definition) is 6. The molecule has 2 aromatic carbocycles. The fourth-order valence-electron chi connectivity index (χ4n) is 3.79. The predicted octanol–water partition coefficient (Wildman–Crippen LogP) is 5.30. The van der Waals surface area contributed by atoms with Gasteiger partial charge in [-0.05, 0) is 42.8 Å². The zero-order valence-corrected chi connectivity index (χ0v) is 19.8. The van der Waals surface area contributed by atoms with Crippen LogP contribution in [0.2, 0.25) is 0 Å². The van der Waals surface area contributed by atoms with Crippen molar-refractivity contribution in [3.63, 3.8) is 0 Å². The Kier molecular flexibility index (Phi) is 7.27. The van der Waals surface area contributed by atoms with E-state index in [-0.39, 0.29) is 16.3 Å². The second kappa shape index (κ2) is 10.2. The van der Waals surface area contributed by atoms with E-state index in [4.69, 9.17) is 9.47 Å². The largest absolute Gasteiger partial charge is 0.496 e. The minimum atomic E-state index is -4.87. The number of rotatable bonds is 6. The maximum absolute atomic E-state index is 13.8. The number of halogens is 4. The fraction of sp³-hybridized carbons (Fsp3) is 0.333. The Morgan fingerprint density at radius 3 is 2.63 bits per heavy atom. The van der Waals surface area contributed by atoms with Crippen LogP contribution in [-0.2, 0) is 10.9 Å². The summed E-state index contributed by atoms with van der Waals surface area (Å²) in [7, 11) is 1.31. The Bertz CT molecular complexity index is 1210. The smallest absolute Gasteiger partial charge is 0.435 e. The average Bonchev–Trinajstić information content (AvgIpc) is 3.31. The lowest BCUT2D eigenvalue weighted by atomic mass is 10.1. The molecule has 4 rings (SSSR count). The predicted molar refractivity (Wildman–Crippen MR) is 124 cm³/mol. The van der Waals surface area contributed by atoms with Crippen LogP contribution in [0.1, 0.15) is 33.9 Å². The maximum Gasteiger partial charge on any atom is 0.435 e. The number of benzene rings is 2. The number of amides is 1. The van der Waals surface area contributed by atoms with Crippen molar-refractivity contribution in [1.82, 2.24) is 10.3 Å². The first-order valence-corrected chi connectivity index (χ1v) is 11.6. The van der Waals surface area contributed by atoms with Crippen LogP contribution in [0.4, 0.5) is 23.2 Å². The highest BCUT2D eigenvalue weighted by atomic mass is 32.1. The van der Waals surface area contributed by atoms with Crippen molar-refractivity contribution < 1.29 is 31.8 Å². The first kappa shape index (κ1) is 24.9. The minimum Gasteiger partial charge on any atom is -0.496 e. The van der Waals surface area contributed by atoms with E-state index >= 15 is 0 Å². The fourth-order valence-corrected chi connectivity index (χ4v) is 4.80. The third-order valence-corrected chi connectivity index (χ3v) is 6.68. The number of thiazole rings is 1. The molecule has 11 heteroatoms. The Hall–Kier alpha value is -3.18. The van der Waals surface area contributed by atoms with Gasteiger partial charge in [0.15, 0.2) is 5.69 Å². The zero-order valence-electron chi connectivity index (χ0n) is 19.0. The lowest BCUT2D eigenvalue weighted by molar-refractivity contribution is -0.141. The van der Waals surface area contributed by atoms with Gasteiger partial charge >= 0.3 is 6.18 Å². The van der Waals surface area contributed by atoms with E-state index in [1.165, 1.54) is 13.2 Å². The van der Waals surface area contributed by atoms with Gasteiger partial charge in [-0.2, -0.15) is 13.2 Å². The van der Waals surface area contributed by atoms with E-state index in [9.17, 15) is 22.4 Å². The van der Waals surface area contributed by atoms with Crippen LogP contribution in [0.5, 0.6) is 5.75 Å². The molecule has 1 aliphatic rings. The Morgan fingerprint density at radius 1 is 1.20 bits per heavy atom. The summed E-state index contributed by atoms with van der Waals surface area (Å²) in [6.07, 6.45) is -4.87. The molecule has 186 valence electrons. The number of ether oxygens (including phenoxy) is 2. The van der Waals surface area contributed by atoms with Crippen LogP contribution >= 0.6 is 11.3 Å². The van der Waals surface area contributed by atoms with Gasteiger partial charge in [0, 0.05) is 18.8 Å². The molecule has 6 nitrogen and oxygen atoms in total. The third kappa shape index (κ3) is 5.57. The number of carbonyl (C=O) groups excluding carboxylic acids is 1. The van der Waals surface area contributed by atoms with E-state index < -0.39 is 34.5 Å². The summed E-state index contributed by atoms with van der Waals surface area (Å²) in [6.45, 7) is 4.38. The van der Waals surface area contributed by atoms with E-state index in [1.54, 1.807) is 13.0 Å². The molecule has 0 spiro atoms. The first-order valence-electron chi connectivity index (χ1n) is 10.8. The number of anilines is 1. The van der Waals surface area contributed by atoms with E-state index in [0.717, 1.165) is 36.5 Å². The molecule has 3 aromatic rings. The van der Waals surface area contributed by atoms with E-state index in [0.29, 0.717) is 24.6 Å².